The molecule has 0 atom stereocenters. The molecule has 0 N–H and O–H groups in total. The lowest BCUT2D eigenvalue weighted by Crippen LogP contribution is -2.30. The van der Waals surface area contributed by atoms with Gasteiger partial charge in [0, 0.05) is 24.0 Å². The summed E-state index contributed by atoms with van der Waals surface area (Å²) in [4.78, 5) is 30.9. The van der Waals surface area contributed by atoms with Crippen LogP contribution in [0.5, 0.6) is 0 Å². The maximum absolute atomic E-state index is 12.9. The Labute approximate surface area is 223 Å². The van der Waals surface area contributed by atoms with Crippen molar-refractivity contribution in [3.8, 4) is 11.1 Å². The zero-order valence-electron chi connectivity index (χ0n) is 22.6. The summed E-state index contributed by atoms with van der Waals surface area (Å²) in [5.74, 6) is 0.524. The van der Waals surface area contributed by atoms with Crippen LogP contribution in [0.4, 0.5) is 0 Å². The first-order valence-electron chi connectivity index (χ1n) is 14.9. The standard InChI is InChI=1S/C33H44N2O2/c36-32(11-3-9-21-34-17-5-1-6-18-34)26-13-15-30-28(23-26)25-29-24-27(14-16-31(29)30)33(37)12-4-10-22-35-19-7-2-8-20-35/h13-16,23-24H,1-12,17-22,25H2. The fourth-order valence-electron chi connectivity index (χ4n) is 6.45. The number of hydrogen-bond acceptors (Lipinski definition) is 4. The van der Waals surface area contributed by atoms with E-state index >= 15 is 0 Å². The minimum absolute atomic E-state index is 0.262. The molecule has 0 unspecified atom stereocenters. The lowest BCUT2D eigenvalue weighted by atomic mass is 9.98. The van der Waals surface area contributed by atoms with Gasteiger partial charge in [0.05, 0.1) is 0 Å². The summed E-state index contributed by atoms with van der Waals surface area (Å²) in [6, 6.07) is 12.4. The molecule has 2 heterocycles. The van der Waals surface area contributed by atoms with Crippen LogP contribution in [0.15, 0.2) is 36.4 Å². The van der Waals surface area contributed by atoms with Gasteiger partial charge in [-0.2, -0.15) is 0 Å². The van der Waals surface area contributed by atoms with Gasteiger partial charge in [-0.1, -0.05) is 37.1 Å². The number of likely N-dealkylation sites (tertiary alicyclic amines) is 2. The van der Waals surface area contributed by atoms with E-state index in [2.05, 4.69) is 34.1 Å². The molecular weight excluding hydrogens is 456 g/mol. The first kappa shape index (κ1) is 26.3. The van der Waals surface area contributed by atoms with Gasteiger partial charge in [-0.15, -0.1) is 0 Å². The molecule has 0 bridgehead atoms. The number of hydrogen-bond donors (Lipinski definition) is 0. The third-order valence-corrected chi connectivity index (χ3v) is 8.68. The molecule has 4 nitrogen and oxygen atoms in total. The van der Waals surface area contributed by atoms with Crippen molar-refractivity contribution >= 4 is 11.6 Å². The molecule has 0 saturated carbocycles. The first-order chi connectivity index (χ1) is 18.2. The van der Waals surface area contributed by atoms with Gasteiger partial charge in [0.25, 0.3) is 0 Å². The highest BCUT2D eigenvalue weighted by Crippen LogP contribution is 2.38. The van der Waals surface area contributed by atoms with Gasteiger partial charge < -0.3 is 9.80 Å². The third-order valence-electron chi connectivity index (χ3n) is 8.68. The second-order valence-corrected chi connectivity index (χ2v) is 11.5. The van der Waals surface area contributed by atoms with Crippen molar-refractivity contribution in [2.24, 2.45) is 0 Å². The lowest BCUT2D eigenvalue weighted by molar-refractivity contribution is 0.0969. The molecule has 2 aromatic rings. The zero-order valence-corrected chi connectivity index (χ0v) is 22.6. The number of unbranched alkanes of at least 4 members (excludes halogenated alkanes) is 2. The van der Waals surface area contributed by atoms with E-state index in [0.717, 1.165) is 56.3 Å². The van der Waals surface area contributed by atoms with E-state index in [1.54, 1.807) is 0 Å². The minimum atomic E-state index is 0.262. The first-order valence-corrected chi connectivity index (χ1v) is 14.9. The van der Waals surface area contributed by atoms with Crippen molar-refractivity contribution in [1.82, 2.24) is 9.80 Å². The van der Waals surface area contributed by atoms with Crippen LogP contribution in [-0.2, 0) is 6.42 Å². The van der Waals surface area contributed by atoms with Crippen molar-refractivity contribution in [1.29, 1.82) is 0 Å². The molecule has 4 heteroatoms. The van der Waals surface area contributed by atoms with Gasteiger partial charge in [0.1, 0.15) is 0 Å². The van der Waals surface area contributed by atoms with Crippen molar-refractivity contribution in [3.05, 3.63) is 58.7 Å². The predicted octanol–water partition coefficient (Wildman–Crippen LogP) is 6.94. The summed E-state index contributed by atoms with van der Waals surface area (Å²) in [5, 5.41) is 0. The Hall–Kier alpha value is -2.30. The molecule has 0 aromatic heterocycles. The van der Waals surface area contributed by atoms with Crippen LogP contribution >= 0.6 is 0 Å². The molecule has 198 valence electrons. The van der Waals surface area contributed by atoms with Crippen LogP contribution in [0.1, 0.15) is 109 Å². The number of fused-ring (bicyclic) bond motifs is 3. The highest BCUT2D eigenvalue weighted by Gasteiger charge is 2.21. The molecule has 0 spiro atoms. The molecule has 5 rings (SSSR count). The maximum atomic E-state index is 12.9. The van der Waals surface area contributed by atoms with Gasteiger partial charge in [-0.05, 0) is 131 Å². The molecular formula is C33H44N2O2. The van der Waals surface area contributed by atoms with Crippen LogP contribution < -0.4 is 0 Å². The zero-order chi connectivity index (χ0) is 25.5. The fourth-order valence-corrected chi connectivity index (χ4v) is 6.45. The van der Waals surface area contributed by atoms with Crippen LogP contribution in [0.3, 0.4) is 0 Å². The Morgan fingerprint density at radius 2 is 1.00 bits per heavy atom. The SMILES string of the molecule is O=C(CCCCN1CCCCC1)c1ccc2c(c1)Cc1cc(C(=O)CCCCN3CCCCC3)ccc1-2. The number of carbonyl (C=O) groups is 2. The van der Waals surface area contributed by atoms with E-state index in [4.69, 9.17) is 0 Å². The van der Waals surface area contributed by atoms with Gasteiger partial charge in [-0.3, -0.25) is 9.59 Å². The number of piperidine rings is 2. The van der Waals surface area contributed by atoms with Crippen molar-refractivity contribution in [2.75, 3.05) is 39.3 Å². The number of Topliss-reactive ketones (excluding diaryl/α,β-unsaturated/α-hetero) is 2. The van der Waals surface area contributed by atoms with E-state index in [0.29, 0.717) is 12.8 Å². The predicted molar refractivity (Wildman–Crippen MR) is 152 cm³/mol. The van der Waals surface area contributed by atoms with E-state index < -0.39 is 0 Å². The summed E-state index contributed by atoms with van der Waals surface area (Å²) < 4.78 is 0. The summed E-state index contributed by atoms with van der Waals surface area (Å²) >= 11 is 0. The molecule has 0 radical (unpaired) electrons. The van der Waals surface area contributed by atoms with Crippen molar-refractivity contribution in [2.45, 2.75) is 83.5 Å². The maximum Gasteiger partial charge on any atom is 0.162 e. The lowest BCUT2D eigenvalue weighted by Gasteiger charge is -2.26. The summed E-state index contributed by atoms with van der Waals surface area (Å²) in [6.07, 6.45) is 14.3. The van der Waals surface area contributed by atoms with Crippen LogP contribution in [0, 0.1) is 0 Å². The summed E-state index contributed by atoms with van der Waals surface area (Å²) in [7, 11) is 0. The number of benzene rings is 2. The molecule has 37 heavy (non-hydrogen) atoms. The summed E-state index contributed by atoms with van der Waals surface area (Å²) in [6.45, 7) is 7.17. The van der Waals surface area contributed by atoms with Crippen molar-refractivity contribution < 1.29 is 9.59 Å². The second-order valence-electron chi connectivity index (χ2n) is 11.5. The highest BCUT2D eigenvalue weighted by molar-refractivity contribution is 5.99. The Balaban J connectivity index is 1.10. The number of ketones is 2. The number of nitrogens with zero attached hydrogens (tertiary/aromatic N) is 2. The van der Waals surface area contributed by atoms with E-state index in [1.807, 2.05) is 12.1 Å². The van der Waals surface area contributed by atoms with Gasteiger partial charge in [0.15, 0.2) is 11.6 Å². The smallest absolute Gasteiger partial charge is 0.162 e. The van der Waals surface area contributed by atoms with Crippen LogP contribution in [0.2, 0.25) is 0 Å². The van der Waals surface area contributed by atoms with Gasteiger partial charge >= 0.3 is 0 Å². The van der Waals surface area contributed by atoms with E-state index in [1.165, 1.54) is 87.0 Å². The van der Waals surface area contributed by atoms with Gasteiger partial charge in [-0.25, -0.2) is 0 Å². The highest BCUT2D eigenvalue weighted by atomic mass is 16.1. The fraction of sp³-hybridized carbons (Fsp3) is 0.576. The summed E-state index contributed by atoms with van der Waals surface area (Å²) in [5.41, 5.74) is 6.57. The molecule has 2 saturated heterocycles. The average Bonchev–Trinajstić information content (AvgIpc) is 3.31. The monoisotopic (exact) mass is 500 g/mol. The largest absolute Gasteiger partial charge is 0.303 e. The molecule has 2 aromatic carbocycles. The molecule has 0 amide bonds. The Morgan fingerprint density at radius 1 is 0.568 bits per heavy atom. The molecule has 3 aliphatic rings. The third kappa shape index (κ3) is 6.97. The Morgan fingerprint density at radius 3 is 1.43 bits per heavy atom. The number of carbonyl (C=O) groups excluding carboxylic acids is 2. The molecule has 2 aliphatic heterocycles. The van der Waals surface area contributed by atoms with Gasteiger partial charge in [0.2, 0.25) is 0 Å². The number of rotatable bonds is 12. The Kier molecular flexibility index (Phi) is 9.23. The van der Waals surface area contributed by atoms with Crippen LogP contribution in [0.25, 0.3) is 11.1 Å². The van der Waals surface area contributed by atoms with Crippen molar-refractivity contribution in [3.63, 3.8) is 0 Å². The normalized spacial score (nSPS) is 17.9. The molecule has 2 fully saturated rings. The van der Waals surface area contributed by atoms with E-state index in [9.17, 15) is 9.59 Å². The quantitative estimate of drug-likeness (QED) is 0.200. The average molecular weight is 501 g/mol. The topological polar surface area (TPSA) is 40.6 Å². The second kappa shape index (κ2) is 13.0. The Bertz CT molecular complexity index is 994. The minimum Gasteiger partial charge on any atom is -0.303 e. The van der Waals surface area contributed by atoms with E-state index in [-0.39, 0.29) is 11.6 Å². The molecule has 1 aliphatic carbocycles. The van der Waals surface area contributed by atoms with Crippen LogP contribution in [-0.4, -0.2) is 60.6 Å².